The number of imidazole rings is 1. The highest BCUT2D eigenvalue weighted by molar-refractivity contribution is 5.59. The average molecular weight is 355 g/mol. The third-order valence-corrected chi connectivity index (χ3v) is 4.22. The van der Waals surface area contributed by atoms with Gasteiger partial charge in [0.25, 0.3) is 0 Å². The molecule has 3 rings (SSSR count). The fourth-order valence-electron chi connectivity index (χ4n) is 2.78. The van der Waals surface area contributed by atoms with Gasteiger partial charge in [-0.2, -0.15) is 5.21 Å². The van der Waals surface area contributed by atoms with Gasteiger partial charge in [-0.25, -0.2) is 4.98 Å². The van der Waals surface area contributed by atoms with E-state index in [9.17, 15) is 0 Å². The monoisotopic (exact) mass is 354 g/mol. The molecule has 0 aliphatic carbocycles. The highest BCUT2D eigenvalue weighted by Gasteiger charge is 2.14. The number of aromatic amines is 1. The Labute approximate surface area is 156 Å². The minimum Gasteiger partial charge on any atom is -0.328 e. The summed E-state index contributed by atoms with van der Waals surface area (Å²) < 4.78 is 2.31. The number of nitrogens with one attached hydrogen (secondary N) is 1. The molecule has 0 atom stereocenters. The van der Waals surface area contributed by atoms with Crippen LogP contribution in [0.2, 0.25) is 0 Å². The Morgan fingerprint density at radius 1 is 1.08 bits per heavy atom. The molecule has 0 aliphatic rings. The topological polar surface area (TPSA) is 72.3 Å². The molecule has 0 amide bonds. The van der Waals surface area contributed by atoms with Crippen LogP contribution >= 0.6 is 0 Å². The maximum atomic E-state index is 4.75. The first-order valence-corrected chi connectivity index (χ1v) is 9.46. The zero-order valence-corrected chi connectivity index (χ0v) is 16.6. The van der Waals surface area contributed by atoms with Gasteiger partial charge in [-0.15, -0.1) is 10.2 Å². The van der Waals surface area contributed by atoms with Crippen molar-refractivity contribution in [1.82, 2.24) is 30.2 Å². The van der Waals surface area contributed by atoms with Crippen molar-refractivity contribution in [1.29, 1.82) is 0 Å². The molecule has 1 N–H and O–H groups in total. The quantitative estimate of drug-likeness (QED) is 0.708. The molecule has 0 unspecified atom stereocenters. The summed E-state index contributed by atoms with van der Waals surface area (Å²) in [7, 11) is 0. The van der Waals surface area contributed by atoms with Crippen LogP contribution in [0.1, 0.15) is 62.8 Å². The molecule has 3 aromatic rings. The first kappa shape index (κ1) is 19.8. The molecule has 2 aromatic heterocycles. The van der Waals surface area contributed by atoms with Gasteiger partial charge in [0.2, 0.25) is 5.82 Å². The predicted octanol–water partition coefficient (Wildman–Crippen LogP) is 4.49. The van der Waals surface area contributed by atoms with E-state index in [1.807, 2.05) is 18.2 Å². The van der Waals surface area contributed by atoms with Crippen molar-refractivity contribution in [3.8, 4) is 11.4 Å². The SMILES string of the molecule is CCC.CCCCc1nc(C)c(C)n1Cc1ccccc1-c1nn[nH]n1. The van der Waals surface area contributed by atoms with E-state index in [-0.39, 0.29) is 0 Å². The molecule has 0 saturated heterocycles. The van der Waals surface area contributed by atoms with Crippen LogP contribution < -0.4 is 0 Å². The lowest BCUT2D eigenvalue weighted by Gasteiger charge is -2.12. The fourth-order valence-corrected chi connectivity index (χ4v) is 2.78. The number of hydrogen-bond acceptors (Lipinski definition) is 4. The maximum absolute atomic E-state index is 4.75. The van der Waals surface area contributed by atoms with Gasteiger partial charge in [0, 0.05) is 24.2 Å². The molecular formula is C20H30N6. The van der Waals surface area contributed by atoms with E-state index in [4.69, 9.17) is 4.98 Å². The second-order valence-corrected chi connectivity index (χ2v) is 6.49. The number of aromatic nitrogens is 6. The number of aryl methyl sites for hydroxylation is 2. The van der Waals surface area contributed by atoms with Crippen LogP contribution in [0.4, 0.5) is 0 Å². The van der Waals surface area contributed by atoms with Crippen molar-refractivity contribution < 1.29 is 0 Å². The van der Waals surface area contributed by atoms with Gasteiger partial charge in [0.05, 0.1) is 5.69 Å². The van der Waals surface area contributed by atoms with Crippen molar-refractivity contribution in [3.63, 3.8) is 0 Å². The molecule has 0 spiro atoms. The van der Waals surface area contributed by atoms with Crippen LogP contribution in [0.3, 0.4) is 0 Å². The summed E-state index contributed by atoms with van der Waals surface area (Å²) in [6.07, 6.45) is 4.59. The molecule has 26 heavy (non-hydrogen) atoms. The van der Waals surface area contributed by atoms with Crippen LogP contribution in [-0.2, 0) is 13.0 Å². The zero-order valence-electron chi connectivity index (χ0n) is 16.6. The molecule has 6 heteroatoms. The third-order valence-electron chi connectivity index (χ3n) is 4.22. The molecule has 140 valence electrons. The van der Waals surface area contributed by atoms with Gasteiger partial charge >= 0.3 is 0 Å². The number of tetrazole rings is 1. The first-order valence-electron chi connectivity index (χ1n) is 9.46. The van der Waals surface area contributed by atoms with Crippen LogP contribution in [0.5, 0.6) is 0 Å². The number of nitrogens with zero attached hydrogens (tertiary/aromatic N) is 5. The minimum absolute atomic E-state index is 0.630. The standard InChI is InChI=1S/C17H22N6.C3H8/c1-4-5-10-16-18-12(2)13(3)23(16)11-14-8-6-7-9-15(14)17-19-21-22-20-17;1-3-2/h6-9H,4-5,10-11H2,1-3H3,(H,19,20,21,22);3H2,1-2H3. The van der Waals surface area contributed by atoms with Crippen LogP contribution in [0, 0.1) is 13.8 Å². The van der Waals surface area contributed by atoms with Gasteiger partial charge in [-0.3, -0.25) is 0 Å². The number of benzene rings is 1. The average Bonchev–Trinajstić information content (AvgIpc) is 3.26. The van der Waals surface area contributed by atoms with Crippen LogP contribution in [0.15, 0.2) is 24.3 Å². The van der Waals surface area contributed by atoms with Crippen LogP contribution in [0.25, 0.3) is 11.4 Å². The summed E-state index contributed by atoms with van der Waals surface area (Å²) in [4.78, 5) is 4.75. The summed E-state index contributed by atoms with van der Waals surface area (Å²) in [5.41, 5.74) is 4.51. The van der Waals surface area contributed by atoms with Crippen molar-refractivity contribution in [2.75, 3.05) is 0 Å². The number of rotatable bonds is 6. The van der Waals surface area contributed by atoms with E-state index in [0.717, 1.165) is 36.5 Å². The summed E-state index contributed by atoms with van der Waals surface area (Å²) in [5.74, 6) is 1.79. The molecule has 2 heterocycles. The summed E-state index contributed by atoms with van der Waals surface area (Å²) >= 11 is 0. The zero-order chi connectivity index (χ0) is 18.9. The van der Waals surface area contributed by atoms with Crippen molar-refractivity contribution >= 4 is 0 Å². The summed E-state index contributed by atoms with van der Waals surface area (Å²) in [5, 5.41) is 14.4. The Hall–Kier alpha value is -2.50. The molecule has 0 bridgehead atoms. The fraction of sp³-hybridized carbons (Fsp3) is 0.500. The van der Waals surface area contributed by atoms with Crippen molar-refractivity contribution in [2.45, 2.75) is 66.8 Å². The minimum atomic E-state index is 0.630. The first-order chi connectivity index (χ1) is 12.6. The Balaban J connectivity index is 0.000000758. The Morgan fingerprint density at radius 2 is 1.81 bits per heavy atom. The van der Waals surface area contributed by atoms with E-state index in [0.29, 0.717) is 5.82 Å². The van der Waals surface area contributed by atoms with E-state index in [1.54, 1.807) is 0 Å². The maximum Gasteiger partial charge on any atom is 0.205 e. The van der Waals surface area contributed by atoms with Gasteiger partial charge < -0.3 is 4.57 Å². The van der Waals surface area contributed by atoms with E-state index in [1.165, 1.54) is 24.1 Å². The molecule has 0 saturated carbocycles. The summed E-state index contributed by atoms with van der Waals surface area (Å²) in [6.45, 7) is 11.4. The van der Waals surface area contributed by atoms with Crippen LogP contribution in [-0.4, -0.2) is 30.2 Å². The molecule has 6 nitrogen and oxygen atoms in total. The summed E-state index contributed by atoms with van der Waals surface area (Å²) in [6, 6.07) is 8.19. The van der Waals surface area contributed by atoms with Gasteiger partial charge in [-0.1, -0.05) is 57.9 Å². The number of unbranched alkanes of at least 4 members (excludes halogenated alkanes) is 1. The van der Waals surface area contributed by atoms with Gasteiger partial charge in [0.1, 0.15) is 5.82 Å². The van der Waals surface area contributed by atoms with Gasteiger partial charge in [0.15, 0.2) is 0 Å². The molecular weight excluding hydrogens is 324 g/mol. The van der Waals surface area contributed by atoms with E-state index >= 15 is 0 Å². The lowest BCUT2D eigenvalue weighted by molar-refractivity contribution is 0.667. The second-order valence-electron chi connectivity index (χ2n) is 6.49. The normalized spacial score (nSPS) is 10.5. The number of hydrogen-bond donors (Lipinski definition) is 1. The Bertz CT molecular complexity index is 789. The lowest BCUT2D eigenvalue weighted by atomic mass is 10.1. The Kier molecular flexibility index (Phi) is 7.51. The van der Waals surface area contributed by atoms with E-state index in [2.05, 4.69) is 65.9 Å². The molecule has 1 aromatic carbocycles. The smallest absolute Gasteiger partial charge is 0.205 e. The molecule has 0 fully saturated rings. The van der Waals surface area contributed by atoms with E-state index < -0.39 is 0 Å². The Morgan fingerprint density at radius 3 is 2.46 bits per heavy atom. The van der Waals surface area contributed by atoms with Gasteiger partial charge in [-0.05, 0) is 31.0 Å². The highest BCUT2D eigenvalue weighted by Crippen LogP contribution is 2.22. The predicted molar refractivity (Wildman–Crippen MR) is 105 cm³/mol. The lowest BCUT2D eigenvalue weighted by Crippen LogP contribution is -2.08. The second kappa shape index (κ2) is 9.85. The third kappa shape index (κ3) is 4.77. The van der Waals surface area contributed by atoms with Crippen molar-refractivity contribution in [3.05, 3.63) is 47.0 Å². The molecule has 0 radical (unpaired) electrons. The molecule has 0 aliphatic heterocycles. The van der Waals surface area contributed by atoms with Crippen molar-refractivity contribution in [2.24, 2.45) is 0 Å². The number of H-pyrrole nitrogens is 1. The largest absolute Gasteiger partial charge is 0.328 e. The highest BCUT2D eigenvalue weighted by atomic mass is 15.5.